The van der Waals surface area contributed by atoms with Crippen molar-refractivity contribution in [2.75, 3.05) is 41.9 Å². The van der Waals surface area contributed by atoms with E-state index in [1.165, 1.54) is 0 Å². The standard InChI is InChI=1S/C20H22N6O2S/c1-28-18-5-3-2-4-15(18)10-19(27)24-16-11-23-26(14-16)20-21-12-17(13-22-20)25-6-8-29-9-7-25/h2-5,11-14H,6-10H2,1H3,(H,24,27). The highest BCUT2D eigenvalue weighted by molar-refractivity contribution is 7.99. The summed E-state index contributed by atoms with van der Waals surface area (Å²) in [5, 5.41) is 7.11. The molecule has 0 atom stereocenters. The van der Waals surface area contributed by atoms with Crippen LogP contribution in [0.15, 0.2) is 49.1 Å². The molecule has 0 aliphatic carbocycles. The van der Waals surface area contributed by atoms with Gasteiger partial charge in [0.15, 0.2) is 0 Å². The predicted molar refractivity (Wildman–Crippen MR) is 114 cm³/mol. The van der Waals surface area contributed by atoms with Crippen LogP contribution in [0.1, 0.15) is 5.56 Å². The van der Waals surface area contributed by atoms with E-state index in [1.54, 1.807) is 24.2 Å². The van der Waals surface area contributed by atoms with Gasteiger partial charge in [0.25, 0.3) is 5.95 Å². The van der Waals surface area contributed by atoms with Gasteiger partial charge in [0.2, 0.25) is 5.91 Å². The summed E-state index contributed by atoms with van der Waals surface area (Å²) >= 11 is 1.97. The number of benzene rings is 1. The van der Waals surface area contributed by atoms with Gasteiger partial charge in [-0.15, -0.1) is 0 Å². The molecule has 3 heterocycles. The highest BCUT2D eigenvalue weighted by Gasteiger charge is 2.13. The van der Waals surface area contributed by atoms with Crippen molar-refractivity contribution in [2.24, 2.45) is 0 Å². The van der Waals surface area contributed by atoms with Gasteiger partial charge in [-0.2, -0.15) is 16.9 Å². The third-order valence-corrected chi connectivity index (χ3v) is 5.56. The molecule has 0 saturated carbocycles. The summed E-state index contributed by atoms with van der Waals surface area (Å²) in [5.41, 5.74) is 2.44. The number of methoxy groups -OCH3 is 1. The Morgan fingerprint density at radius 2 is 1.93 bits per heavy atom. The van der Waals surface area contributed by atoms with Crippen molar-refractivity contribution in [2.45, 2.75) is 6.42 Å². The number of anilines is 2. The van der Waals surface area contributed by atoms with Crippen LogP contribution >= 0.6 is 11.8 Å². The predicted octanol–water partition coefficient (Wildman–Crippen LogP) is 2.41. The minimum absolute atomic E-state index is 0.145. The molecule has 150 valence electrons. The van der Waals surface area contributed by atoms with Gasteiger partial charge in [-0.25, -0.2) is 14.6 Å². The monoisotopic (exact) mass is 410 g/mol. The fraction of sp³-hybridized carbons (Fsp3) is 0.300. The molecule has 9 heteroatoms. The van der Waals surface area contributed by atoms with E-state index in [2.05, 4.69) is 25.3 Å². The van der Waals surface area contributed by atoms with Gasteiger partial charge in [-0.1, -0.05) is 18.2 Å². The number of carbonyl (C=O) groups excluding carboxylic acids is 1. The lowest BCUT2D eigenvalue weighted by atomic mass is 10.1. The number of nitrogens with zero attached hydrogens (tertiary/aromatic N) is 5. The summed E-state index contributed by atoms with van der Waals surface area (Å²) < 4.78 is 6.84. The van der Waals surface area contributed by atoms with Gasteiger partial charge < -0.3 is 15.0 Å². The second-order valence-electron chi connectivity index (χ2n) is 6.55. The Balaban J connectivity index is 1.39. The molecule has 29 heavy (non-hydrogen) atoms. The SMILES string of the molecule is COc1ccccc1CC(=O)Nc1cnn(-c2ncc(N3CCSCC3)cn2)c1. The van der Waals surface area contributed by atoms with Gasteiger partial charge in [-0.05, 0) is 6.07 Å². The lowest BCUT2D eigenvalue weighted by Gasteiger charge is -2.27. The largest absolute Gasteiger partial charge is 0.496 e. The average molecular weight is 411 g/mol. The minimum atomic E-state index is -0.145. The van der Waals surface area contributed by atoms with Gasteiger partial charge in [0.1, 0.15) is 5.75 Å². The molecule has 1 aliphatic rings. The lowest BCUT2D eigenvalue weighted by molar-refractivity contribution is -0.115. The first-order chi connectivity index (χ1) is 14.2. The summed E-state index contributed by atoms with van der Waals surface area (Å²) in [4.78, 5) is 23.5. The maximum absolute atomic E-state index is 12.4. The lowest BCUT2D eigenvalue weighted by Crippen LogP contribution is -2.32. The first-order valence-electron chi connectivity index (χ1n) is 9.34. The van der Waals surface area contributed by atoms with Crippen molar-refractivity contribution in [3.63, 3.8) is 0 Å². The van der Waals surface area contributed by atoms with Crippen molar-refractivity contribution in [3.8, 4) is 11.7 Å². The fourth-order valence-corrected chi connectivity index (χ4v) is 4.04. The van der Waals surface area contributed by atoms with E-state index in [9.17, 15) is 4.79 Å². The van der Waals surface area contributed by atoms with E-state index in [1.807, 2.05) is 48.4 Å². The van der Waals surface area contributed by atoms with Gasteiger partial charge in [-0.3, -0.25) is 4.79 Å². The van der Waals surface area contributed by atoms with Crippen molar-refractivity contribution < 1.29 is 9.53 Å². The summed E-state index contributed by atoms with van der Waals surface area (Å²) in [5.74, 6) is 3.26. The van der Waals surface area contributed by atoms with Gasteiger partial charge in [0, 0.05) is 30.2 Å². The van der Waals surface area contributed by atoms with Gasteiger partial charge >= 0.3 is 0 Å². The number of nitrogens with one attached hydrogen (secondary N) is 1. The van der Waals surface area contributed by atoms with E-state index >= 15 is 0 Å². The van der Waals surface area contributed by atoms with Gasteiger partial charge in [0.05, 0.1) is 49.7 Å². The molecule has 0 spiro atoms. The van der Waals surface area contributed by atoms with E-state index < -0.39 is 0 Å². The van der Waals surface area contributed by atoms with Crippen LogP contribution in [0.5, 0.6) is 5.75 Å². The Bertz CT molecular complexity index is 969. The summed E-state index contributed by atoms with van der Waals surface area (Å²) in [6, 6.07) is 7.47. The molecule has 8 nitrogen and oxygen atoms in total. The highest BCUT2D eigenvalue weighted by atomic mass is 32.2. The molecule has 4 rings (SSSR count). The Labute approximate surface area is 173 Å². The molecule has 1 amide bonds. The number of amides is 1. The van der Waals surface area contributed by atoms with Crippen molar-refractivity contribution >= 4 is 29.0 Å². The second-order valence-corrected chi connectivity index (χ2v) is 7.78. The van der Waals surface area contributed by atoms with Crippen molar-refractivity contribution in [1.29, 1.82) is 0 Å². The Morgan fingerprint density at radius 3 is 2.69 bits per heavy atom. The van der Waals surface area contributed by atoms with Crippen LogP contribution in [0.3, 0.4) is 0 Å². The maximum Gasteiger partial charge on any atom is 0.250 e. The minimum Gasteiger partial charge on any atom is -0.496 e. The number of ether oxygens (including phenoxy) is 1. The number of rotatable bonds is 6. The van der Waals surface area contributed by atoms with Crippen LogP contribution in [0.25, 0.3) is 5.95 Å². The van der Waals surface area contributed by atoms with E-state index in [0.29, 0.717) is 17.4 Å². The molecule has 0 bridgehead atoms. The fourth-order valence-electron chi connectivity index (χ4n) is 3.14. The Kier molecular flexibility index (Phi) is 5.95. The molecule has 1 fully saturated rings. The van der Waals surface area contributed by atoms with Crippen molar-refractivity contribution in [1.82, 2.24) is 19.7 Å². The van der Waals surface area contributed by atoms with E-state index in [4.69, 9.17) is 4.74 Å². The van der Waals surface area contributed by atoms with Crippen LogP contribution in [0.4, 0.5) is 11.4 Å². The molecule has 1 aliphatic heterocycles. The molecule has 1 N–H and O–H groups in total. The number of para-hydroxylation sites is 1. The van der Waals surface area contributed by atoms with Crippen LogP contribution in [-0.2, 0) is 11.2 Å². The first-order valence-corrected chi connectivity index (χ1v) is 10.5. The number of carbonyl (C=O) groups is 1. The maximum atomic E-state index is 12.4. The Morgan fingerprint density at radius 1 is 1.17 bits per heavy atom. The molecular formula is C20H22N6O2S. The molecular weight excluding hydrogens is 388 g/mol. The molecule has 0 unspecified atom stereocenters. The molecule has 1 aromatic carbocycles. The number of aromatic nitrogens is 4. The van der Waals surface area contributed by atoms with Crippen LogP contribution < -0.4 is 15.0 Å². The Hall–Kier alpha value is -3.07. The zero-order valence-corrected chi connectivity index (χ0v) is 16.9. The summed E-state index contributed by atoms with van der Waals surface area (Å²) in [6.45, 7) is 2.02. The smallest absolute Gasteiger partial charge is 0.250 e. The summed E-state index contributed by atoms with van der Waals surface area (Å²) in [6.07, 6.45) is 7.14. The third kappa shape index (κ3) is 4.68. The van der Waals surface area contributed by atoms with Crippen LogP contribution in [0.2, 0.25) is 0 Å². The van der Waals surface area contributed by atoms with Crippen LogP contribution in [-0.4, -0.2) is 57.4 Å². The quantitative estimate of drug-likeness (QED) is 0.668. The first kappa shape index (κ1) is 19.3. The zero-order valence-electron chi connectivity index (χ0n) is 16.1. The summed E-state index contributed by atoms with van der Waals surface area (Å²) in [7, 11) is 1.59. The molecule has 3 aromatic rings. The van der Waals surface area contributed by atoms with Crippen LogP contribution in [0, 0.1) is 0 Å². The molecule has 2 aromatic heterocycles. The third-order valence-electron chi connectivity index (χ3n) is 4.62. The average Bonchev–Trinajstić information content (AvgIpc) is 3.23. The van der Waals surface area contributed by atoms with Crippen molar-refractivity contribution in [3.05, 3.63) is 54.6 Å². The number of thioether (sulfide) groups is 1. The zero-order chi connectivity index (χ0) is 20.1. The van der Waals surface area contributed by atoms with E-state index in [-0.39, 0.29) is 12.3 Å². The molecule has 1 saturated heterocycles. The number of hydrogen-bond donors (Lipinski definition) is 1. The number of hydrogen-bond acceptors (Lipinski definition) is 7. The van der Waals surface area contributed by atoms with E-state index in [0.717, 1.165) is 35.8 Å². The topological polar surface area (TPSA) is 85.2 Å². The second kappa shape index (κ2) is 8.95. The normalized spacial score (nSPS) is 13.9. The highest BCUT2D eigenvalue weighted by Crippen LogP contribution is 2.20. The molecule has 0 radical (unpaired) electrons.